The fourth-order valence-corrected chi connectivity index (χ4v) is 4.97. The number of benzene rings is 2. The van der Waals surface area contributed by atoms with E-state index in [1.807, 2.05) is 55.2 Å². The molecule has 2 aromatic carbocycles. The Kier molecular flexibility index (Phi) is 5.36. The van der Waals surface area contributed by atoms with Gasteiger partial charge in [-0.25, -0.2) is 0 Å². The Labute approximate surface area is 192 Å². The summed E-state index contributed by atoms with van der Waals surface area (Å²) < 4.78 is 2.01. The second kappa shape index (κ2) is 7.92. The van der Waals surface area contributed by atoms with E-state index in [1.165, 1.54) is 18.2 Å². The minimum Gasteiger partial charge on any atom is -0.507 e. The van der Waals surface area contributed by atoms with E-state index >= 15 is 0 Å². The summed E-state index contributed by atoms with van der Waals surface area (Å²) in [6, 6.07) is 13.9. The van der Waals surface area contributed by atoms with Crippen LogP contribution in [0, 0.1) is 10.1 Å². The number of Topliss-reactive ketones (excluding diaryl/α,β-unsaturated/α-hetero) is 1. The van der Waals surface area contributed by atoms with Gasteiger partial charge >= 0.3 is 0 Å². The first-order chi connectivity index (χ1) is 15.6. The maximum atomic E-state index is 12.4. The molecule has 1 atom stereocenters. The maximum Gasteiger partial charge on any atom is 0.270 e. The summed E-state index contributed by atoms with van der Waals surface area (Å²) in [4.78, 5) is 25.3. The number of hydrogen-bond donors (Lipinski definition) is 1. The lowest BCUT2D eigenvalue weighted by molar-refractivity contribution is -0.384. The molecule has 4 rings (SSSR count). The molecule has 0 saturated heterocycles. The number of carbonyl (C=O) groups excluding carboxylic acids is 1. The van der Waals surface area contributed by atoms with Gasteiger partial charge in [0, 0.05) is 60.2 Å². The molecule has 2 heterocycles. The average molecular weight is 446 g/mol. The lowest BCUT2D eigenvalue weighted by Gasteiger charge is -2.45. The zero-order valence-corrected chi connectivity index (χ0v) is 19.1. The SMILES string of the molecule is CCC(=O)c1ccn(C2(/C=C/c3cc([N+](=O)[O-])ccc3O)N(C)c3ccccc3C2(C)C)c1. The predicted molar refractivity (Wildman–Crippen MR) is 129 cm³/mol. The van der Waals surface area contributed by atoms with Crippen LogP contribution >= 0.6 is 0 Å². The summed E-state index contributed by atoms with van der Waals surface area (Å²) in [5.41, 5.74) is 1.84. The molecule has 7 nitrogen and oxygen atoms in total. The Morgan fingerprint density at radius 1 is 1.18 bits per heavy atom. The lowest BCUT2D eigenvalue weighted by atomic mass is 9.75. The normalized spacial score (nSPS) is 19.1. The predicted octanol–water partition coefficient (Wildman–Crippen LogP) is 5.49. The van der Waals surface area contributed by atoms with E-state index in [2.05, 4.69) is 30.9 Å². The van der Waals surface area contributed by atoms with E-state index in [0.29, 0.717) is 17.5 Å². The van der Waals surface area contributed by atoms with Gasteiger partial charge in [-0.3, -0.25) is 14.9 Å². The Morgan fingerprint density at radius 2 is 1.91 bits per heavy atom. The third-order valence-electron chi connectivity index (χ3n) is 6.82. The van der Waals surface area contributed by atoms with E-state index in [1.54, 1.807) is 6.08 Å². The number of anilines is 1. The molecule has 0 spiro atoms. The number of aromatic nitrogens is 1. The number of phenols is 1. The summed E-state index contributed by atoms with van der Waals surface area (Å²) in [5, 5.41) is 21.6. The van der Waals surface area contributed by atoms with E-state index in [-0.39, 0.29) is 17.2 Å². The summed E-state index contributed by atoms with van der Waals surface area (Å²) >= 11 is 0. The number of ketones is 1. The number of fused-ring (bicyclic) bond motifs is 1. The summed E-state index contributed by atoms with van der Waals surface area (Å²) in [6.07, 6.45) is 7.83. The number of phenolic OH excluding ortho intramolecular Hbond substituents is 1. The van der Waals surface area contributed by atoms with Gasteiger partial charge in [0.05, 0.1) is 4.92 Å². The van der Waals surface area contributed by atoms with Gasteiger partial charge in [-0.15, -0.1) is 0 Å². The quantitative estimate of drug-likeness (QED) is 0.308. The third kappa shape index (κ3) is 3.31. The van der Waals surface area contributed by atoms with Crippen LogP contribution in [0.25, 0.3) is 6.08 Å². The van der Waals surface area contributed by atoms with Gasteiger partial charge < -0.3 is 14.6 Å². The highest BCUT2D eigenvalue weighted by atomic mass is 16.6. The molecule has 0 bridgehead atoms. The van der Waals surface area contributed by atoms with Crippen LogP contribution in [0.3, 0.4) is 0 Å². The zero-order chi connectivity index (χ0) is 24.0. The van der Waals surface area contributed by atoms with Gasteiger partial charge in [-0.05, 0) is 29.8 Å². The van der Waals surface area contributed by atoms with E-state index in [9.17, 15) is 20.0 Å². The largest absolute Gasteiger partial charge is 0.507 e. The number of rotatable bonds is 6. The molecular formula is C26H27N3O4. The first-order valence-corrected chi connectivity index (χ1v) is 10.8. The van der Waals surface area contributed by atoms with Crippen LogP contribution < -0.4 is 4.90 Å². The molecule has 170 valence electrons. The highest BCUT2D eigenvalue weighted by Crippen LogP contribution is 2.54. The van der Waals surface area contributed by atoms with Crippen molar-refractivity contribution in [2.24, 2.45) is 0 Å². The number of nitro groups is 1. The van der Waals surface area contributed by atoms with Gasteiger partial charge in [0.2, 0.25) is 0 Å². The second-order valence-electron chi connectivity index (χ2n) is 8.85. The van der Waals surface area contributed by atoms with Crippen molar-refractivity contribution in [2.75, 3.05) is 11.9 Å². The van der Waals surface area contributed by atoms with Gasteiger partial charge in [0.1, 0.15) is 11.4 Å². The molecule has 1 unspecified atom stereocenters. The van der Waals surface area contributed by atoms with E-state index in [4.69, 9.17) is 0 Å². The molecule has 3 aromatic rings. The van der Waals surface area contributed by atoms with Crippen molar-refractivity contribution in [2.45, 2.75) is 38.3 Å². The number of aromatic hydroxyl groups is 1. The fourth-order valence-electron chi connectivity index (χ4n) is 4.97. The number of nitro benzene ring substituents is 1. The number of likely N-dealkylation sites (N-methyl/N-ethyl adjacent to an activating group) is 1. The average Bonchev–Trinajstić information content (AvgIpc) is 3.35. The summed E-state index contributed by atoms with van der Waals surface area (Å²) in [7, 11) is 1.99. The molecule has 1 aromatic heterocycles. The molecule has 1 aliphatic rings. The second-order valence-corrected chi connectivity index (χ2v) is 8.85. The molecule has 0 aliphatic carbocycles. The Balaban J connectivity index is 1.93. The molecule has 1 aliphatic heterocycles. The van der Waals surface area contributed by atoms with Crippen LogP contribution in [0.1, 0.15) is 48.7 Å². The van der Waals surface area contributed by atoms with Crippen molar-refractivity contribution in [3.63, 3.8) is 0 Å². The first-order valence-electron chi connectivity index (χ1n) is 10.8. The highest BCUT2D eigenvalue weighted by molar-refractivity contribution is 5.95. The number of hydrogen-bond acceptors (Lipinski definition) is 5. The van der Waals surface area contributed by atoms with E-state index < -0.39 is 16.0 Å². The van der Waals surface area contributed by atoms with Crippen LogP contribution in [-0.2, 0) is 11.1 Å². The topological polar surface area (TPSA) is 88.6 Å². The molecule has 0 fully saturated rings. The first kappa shape index (κ1) is 22.3. The van der Waals surface area contributed by atoms with Crippen molar-refractivity contribution in [3.8, 4) is 5.75 Å². The maximum absolute atomic E-state index is 12.4. The van der Waals surface area contributed by atoms with E-state index in [0.717, 1.165) is 11.3 Å². The Morgan fingerprint density at radius 3 is 2.58 bits per heavy atom. The van der Waals surface area contributed by atoms with Crippen LogP contribution in [0.15, 0.2) is 67.0 Å². The number of para-hydroxylation sites is 1. The van der Waals surface area contributed by atoms with Crippen molar-refractivity contribution < 1.29 is 14.8 Å². The molecular weight excluding hydrogens is 418 g/mol. The number of non-ortho nitro benzene ring substituents is 1. The molecule has 0 amide bonds. The van der Waals surface area contributed by atoms with Gasteiger partial charge in [0.15, 0.2) is 5.78 Å². The lowest BCUT2D eigenvalue weighted by Crippen LogP contribution is -2.54. The fraction of sp³-hybridized carbons (Fsp3) is 0.269. The van der Waals surface area contributed by atoms with Gasteiger partial charge in [-0.2, -0.15) is 0 Å². The van der Waals surface area contributed by atoms with Crippen molar-refractivity contribution in [1.82, 2.24) is 4.57 Å². The van der Waals surface area contributed by atoms with Crippen molar-refractivity contribution in [3.05, 3.63) is 93.8 Å². The standard InChI is InChI=1S/C26H27N3O4/c1-5-23(30)19-13-15-28(17-19)26(14-12-18-16-20(29(32)33)10-11-24(18)31)25(2,3)21-8-6-7-9-22(21)27(26)4/h6-17,31H,5H2,1-4H3/b14-12+. The molecule has 1 N–H and O–H groups in total. The number of carbonyl (C=O) groups is 1. The molecule has 7 heteroatoms. The van der Waals surface area contributed by atoms with Crippen LogP contribution in [0.4, 0.5) is 11.4 Å². The molecule has 33 heavy (non-hydrogen) atoms. The Hall–Kier alpha value is -3.87. The number of nitrogens with zero attached hydrogens (tertiary/aromatic N) is 3. The van der Waals surface area contributed by atoms with Crippen molar-refractivity contribution >= 4 is 23.2 Å². The smallest absolute Gasteiger partial charge is 0.270 e. The molecule has 0 saturated carbocycles. The Bertz CT molecular complexity index is 1270. The van der Waals surface area contributed by atoms with Crippen LogP contribution in [0.5, 0.6) is 5.75 Å². The van der Waals surface area contributed by atoms with Crippen LogP contribution in [0.2, 0.25) is 0 Å². The van der Waals surface area contributed by atoms with Crippen LogP contribution in [-0.4, -0.2) is 27.4 Å². The summed E-state index contributed by atoms with van der Waals surface area (Å²) in [6.45, 7) is 6.10. The minimum atomic E-state index is -0.778. The van der Waals surface area contributed by atoms with Gasteiger partial charge in [0.25, 0.3) is 5.69 Å². The molecule has 0 radical (unpaired) electrons. The third-order valence-corrected chi connectivity index (χ3v) is 6.82. The monoisotopic (exact) mass is 445 g/mol. The van der Waals surface area contributed by atoms with Crippen molar-refractivity contribution in [1.29, 1.82) is 0 Å². The summed E-state index contributed by atoms with van der Waals surface area (Å²) in [5.74, 6) is 0.0116. The minimum absolute atomic E-state index is 0.0441. The highest BCUT2D eigenvalue weighted by Gasteiger charge is 2.55. The van der Waals surface area contributed by atoms with Gasteiger partial charge in [-0.1, -0.05) is 45.0 Å². The zero-order valence-electron chi connectivity index (χ0n) is 19.1.